The molecule has 7 heteroatoms. The van der Waals surface area contributed by atoms with E-state index in [9.17, 15) is 9.59 Å². The van der Waals surface area contributed by atoms with Crippen LogP contribution in [0.5, 0.6) is 5.75 Å². The number of carbonyl (C=O) groups excluding carboxylic acids is 2. The highest BCUT2D eigenvalue weighted by atomic mass is 32.1. The van der Waals surface area contributed by atoms with Crippen molar-refractivity contribution in [3.05, 3.63) is 51.7 Å². The lowest BCUT2D eigenvalue weighted by molar-refractivity contribution is -0.144. The maximum atomic E-state index is 13.7. The second kappa shape index (κ2) is 12.7. The fraction of sp³-hybridized carbons (Fsp3) is 0.586. The largest absolute Gasteiger partial charge is 0.491 e. The van der Waals surface area contributed by atoms with E-state index >= 15 is 0 Å². The topological polar surface area (TPSA) is 59.1 Å². The number of amides is 2. The predicted octanol–water partition coefficient (Wildman–Crippen LogP) is 5.43. The van der Waals surface area contributed by atoms with Crippen LogP contribution >= 0.6 is 11.3 Å². The van der Waals surface area contributed by atoms with Gasteiger partial charge in [0.2, 0.25) is 11.8 Å². The average Bonchev–Trinajstić information content (AvgIpc) is 3.59. The van der Waals surface area contributed by atoms with Gasteiger partial charge in [0.1, 0.15) is 12.4 Å². The van der Waals surface area contributed by atoms with Crippen LogP contribution in [-0.2, 0) is 20.7 Å². The van der Waals surface area contributed by atoms with Gasteiger partial charge in [-0.2, -0.15) is 0 Å². The van der Waals surface area contributed by atoms with Crippen molar-refractivity contribution in [1.82, 2.24) is 9.80 Å². The van der Waals surface area contributed by atoms with Gasteiger partial charge < -0.3 is 19.3 Å². The van der Waals surface area contributed by atoms with Gasteiger partial charge in [0.15, 0.2) is 0 Å². The molecule has 1 saturated carbocycles. The van der Waals surface area contributed by atoms with Crippen LogP contribution in [0, 0.1) is 5.92 Å². The minimum absolute atomic E-state index is 0.000584. The lowest BCUT2D eigenvalue weighted by Crippen LogP contribution is -2.49. The van der Waals surface area contributed by atoms with Gasteiger partial charge in [0, 0.05) is 37.6 Å². The van der Waals surface area contributed by atoms with E-state index in [1.54, 1.807) is 23.3 Å². The number of methoxy groups -OCH3 is 1. The quantitative estimate of drug-likeness (QED) is 0.377. The van der Waals surface area contributed by atoms with E-state index in [1.165, 1.54) is 16.0 Å². The molecule has 196 valence electrons. The summed E-state index contributed by atoms with van der Waals surface area (Å²) in [5.41, 5.74) is 2.45. The smallest absolute Gasteiger partial charge is 0.242 e. The zero-order valence-electron chi connectivity index (χ0n) is 21.9. The van der Waals surface area contributed by atoms with Gasteiger partial charge in [-0.05, 0) is 66.3 Å². The van der Waals surface area contributed by atoms with Crippen molar-refractivity contribution in [2.75, 3.05) is 40.0 Å². The number of hydrogen-bond donors (Lipinski definition) is 0. The molecule has 0 saturated heterocycles. The Bertz CT molecular complexity index is 997. The minimum Gasteiger partial charge on any atom is -0.491 e. The zero-order chi connectivity index (χ0) is 25.5. The van der Waals surface area contributed by atoms with Crippen molar-refractivity contribution in [2.24, 2.45) is 5.92 Å². The molecule has 4 rings (SSSR count). The third kappa shape index (κ3) is 6.48. The molecule has 1 aliphatic carbocycles. The van der Waals surface area contributed by atoms with E-state index in [2.05, 4.69) is 37.4 Å². The number of hydrogen-bond acceptors (Lipinski definition) is 5. The van der Waals surface area contributed by atoms with Crippen LogP contribution in [0.4, 0.5) is 0 Å². The first-order valence-electron chi connectivity index (χ1n) is 13.3. The number of thiophene rings is 1. The molecule has 0 spiro atoms. The van der Waals surface area contributed by atoms with Crippen molar-refractivity contribution in [2.45, 2.75) is 64.3 Å². The zero-order valence-corrected chi connectivity index (χ0v) is 22.7. The maximum absolute atomic E-state index is 13.7. The van der Waals surface area contributed by atoms with Crippen LogP contribution in [-0.4, -0.2) is 61.6 Å². The van der Waals surface area contributed by atoms with Gasteiger partial charge in [-0.25, -0.2) is 0 Å². The fourth-order valence-corrected chi connectivity index (χ4v) is 6.28. The molecule has 0 radical (unpaired) electrons. The van der Waals surface area contributed by atoms with E-state index in [0.717, 1.165) is 44.3 Å². The molecular formula is C29H40N2O4S. The molecule has 2 amide bonds. The van der Waals surface area contributed by atoms with Gasteiger partial charge in [-0.15, -0.1) is 11.3 Å². The van der Waals surface area contributed by atoms with Crippen LogP contribution in [0.3, 0.4) is 0 Å². The second-order valence-electron chi connectivity index (χ2n) is 10.3. The van der Waals surface area contributed by atoms with E-state index in [1.807, 2.05) is 17.0 Å². The molecule has 6 nitrogen and oxygen atoms in total. The Morgan fingerprint density at radius 3 is 2.58 bits per heavy atom. The summed E-state index contributed by atoms with van der Waals surface area (Å²) >= 11 is 1.75. The predicted molar refractivity (Wildman–Crippen MR) is 144 cm³/mol. The Labute approximate surface area is 219 Å². The van der Waals surface area contributed by atoms with Crippen LogP contribution in [0.25, 0.3) is 0 Å². The average molecular weight is 513 g/mol. The van der Waals surface area contributed by atoms with Crippen LogP contribution in [0.2, 0.25) is 0 Å². The monoisotopic (exact) mass is 512 g/mol. The van der Waals surface area contributed by atoms with Crippen molar-refractivity contribution in [1.29, 1.82) is 0 Å². The third-order valence-corrected chi connectivity index (χ3v) is 8.49. The summed E-state index contributed by atoms with van der Waals surface area (Å²) in [5.74, 6) is 1.46. The first kappa shape index (κ1) is 26.7. The first-order valence-corrected chi connectivity index (χ1v) is 14.2. The number of carbonyl (C=O) groups is 2. The van der Waals surface area contributed by atoms with Crippen LogP contribution in [0.15, 0.2) is 35.7 Å². The van der Waals surface area contributed by atoms with E-state index in [4.69, 9.17) is 9.47 Å². The van der Waals surface area contributed by atoms with Crippen molar-refractivity contribution >= 4 is 23.2 Å². The lowest BCUT2D eigenvalue weighted by Gasteiger charge is -2.37. The highest BCUT2D eigenvalue weighted by Crippen LogP contribution is 2.34. The second-order valence-corrected chi connectivity index (χ2v) is 11.3. The van der Waals surface area contributed by atoms with Crippen molar-refractivity contribution in [3.63, 3.8) is 0 Å². The maximum Gasteiger partial charge on any atom is 0.242 e. The van der Waals surface area contributed by atoms with Gasteiger partial charge in [0.25, 0.3) is 0 Å². The molecule has 2 aliphatic rings. The standard InChI is InChI=1S/C29H40N2O4S/c1-21(2)22-9-11-24(12-10-22)35-20-26-25-14-18-36-27(25)13-16-31(26)28(32)19-30(15-6-17-34-3)29(33)23-7-4-5-8-23/h9-12,14,18,21,23,26H,4-8,13,15-17,19-20H2,1-3H3/t26-/m0/s1. The molecule has 1 fully saturated rings. The Morgan fingerprint density at radius 2 is 1.89 bits per heavy atom. The molecule has 0 N–H and O–H groups in total. The van der Waals surface area contributed by atoms with Crippen LogP contribution < -0.4 is 4.74 Å². The van der Waals surface area contributed by atoms with E-state index in [-0.39, 0.29) is 30.3 Å². The third-order valence-electron chi connectivity index (χ3n) is 7.49. The molecular weight excluding hydrogens is 472 g/mol. The summed E-state index contributed by atoms with van der Waals surface area (Å²) in [6.45, 7) is 6.66. The number of rotatable bonds is 11. The van der Waals surface area contributed by atoms with E-state index < -0.39 is 0 Å². The highest BCUT2D eigenvalue weighted by Gasteiger charge is 2.35. The number of fused-ring (bicyclic) bond motifs is 1. The number of nitrogens with zero attached hydrogens (tertiary/aromatic N) is 2. The molecule has 1 aromatic heterocycles. The SMILES string of the molecule is COCCCN(CC(=O)N1CCc2sccc2[C@@H]1COc1ccc(C(C)C)cc1)C(=O)C1CCCC1. The summed E-state index contributed by atoms with van der Waals surface area (Å²) < 4.78 is 11.4. The highest BCUT2D eigenvalue weighted by molar-refractivity contribution is 7.10. The van der Waals surface area contributed by atoms with Gasteiger partial charge in [-0.3, -0.25) is 9.59 Å². The van der Waals surface area contributed by atoms with Crippen molar-refractivity contribution < 1.29 is 19.1 Å². The number of benzene rings is 1. The Hall–Kier alpha value is -2.38. The summed E-state index contributed by atoms with van der Waals surface area (Å²) in [7, 11) is 1.67. The first-order chi connectivity index (χ1) is 17.5. The molecule has 36 heavy (non-hydrogen) atoms. The minimum atomic E-state index is -0.153. The van der Waals surface area contributed by atoms with Gasteiger partial charge >= 0.3 is 0 Å². The van der Waals surface area contributed by atoms with Crippen LogP contribution in [0.1, 0.15) is 73.9 Å². The summed E-state index contributed by atoms with van der Waals surface area (Å²) in [4.78, 5) is 32.0. The molecule has 2 aromatic rings. The van der Waals surface area contributed by atoms with Crippen molar-refractivity contribution in [3.8, 4) is 5.75 Å². The normalized spacial score (nSPS) is 17.9. The lowest BCUT2D eigenvalue weighted by atomic mass is 10.00. The summed E-state index contributed by atoms with van der Waals surface area (Å²) in [5, 5.41) is 2.10. The van der Waals surface area contributed by atoms with E-state index in [0.29, 0.717) is 32.2 Å². The Morgan fingerprint density at radius 1 is 1.14 bits per heavy atom. The number of ether oxygens (including phenoxy) is 2. The summed E-state index contributed by atoms with van der Waals surface area (Å²) in [6.07, 6.45) is 5.64. The molecule has 0 bridgehead atoms. The fourth-order valence-electron chi connectivity index (χ4n) is 5.35. The van der Waals surface area contributed by atoms with Gasteiger partial charge in [0.05, 0.1) is 12.6 Å². The summed E-state index contributed by atoms with van der Waals surface area (Å²) in [6, 6.07) is 10.2. The molecule has 1 aliphatic heterocycles. The Balaban J connectivity index is 1.47. The molecule has 2 heterocycles. The molecule has 1 atom stereocenters. The molecule has 0 unspecified atom stereocenters. The Kier molecular flexibility index (Phi) is 9.43. The molecule has 1 aromatic carbocycles. The van der Waals surface area contributed by atoms with Gasteiger partial charge in [-0.1, -0.05) is 38.8 Å².